The molecule has 0 atom stereocenters. The molecule has 1 heterocycles. The first kappa shape index (κ1) is 6.15. The van der Waals surface area contributed by atoms with Gasteiger partial charge < -0.3 is 0 Å². The molecule has 2 rings (SSSR count). The van der Waals surface area contributed by atoms with Gasteiger partial charge in [0.25, 0.3) is 0 Å². The fraction of sp³-hybridized carbons (Fsp3) is 0.444. The molecule has 1 aromatic heterocycles. The zero-order valence-electron chi connectivity index (χ0n) is 6.14. The average Bonchev–Trinajstić information content (AvgIpc) is 2.05. The van der Waals surface area contributed by atoms with Crippen LogP contribution in [0.2, 0.25) is 0 Å². The fourth-order valence-electron chi connectivity index (χ4n) is 1.68. The summed E-state index contributed by atoms with van der Waals surface area (Å²) in [5.74, 6) is 4.40. The first-order valence-corrected chi connectivity index (χ1v) is 4.03. The number of hydrogen-bond donors (Lipinski definition) is 0. The summed E-state index contributed by atoms with van der Waals surface area (Å²) in [5.41, 5.74) is 3.16. The van der Waals surface area contributed by atoms with Gasteiger partial charge in [-0.1, -0.05) is 0 Å². The third-order valence-corrected chi connectivity index (χ3v) is 2.26. The Labute approximate surface area is 62.5 Å². The third kappa shape index (κ3) is 1.01. The SMILES string of the molecule is b1ccc2c(c1)CCCC2. The Kier molecular flexibility index (Phi) is 1.58. The van der Waals surface area contributed by atoms with Crippen LogP contribution in [0.5, 0.6) is 0 Å². The molecule has 0 bridgehead atoms. The monoisotopic (exact) mass is 130 g/mol. The molecule has 0 radical (unpaired) electrons. The van der Waals surface area contributed by atoms with Gasteiger partial charge in [-0.05, 0) is 0 Å². The minimum atomic E-state index is 1.30. The molecule has 0 unspecified atom stereocenters. The Bertz CT molecular complexity index is 205. The maximum absolute atomic E-state index is 2.26. The summed E-state index contributed by atoms with van der Waals surface area (Å²) >= 11 is 0. The first-order chi connectivity index (χ1) is 4.97. The summed E-state index contributed by atoms with van der Waals surface area (Å²) in [5, 5.41) is 0. The number of hydrogen-bond acceptors (Lipinski definition) is 0. The van der Waals surface area contributed by atoms with Gasteiger partial charge in [0.1, 0.15) is 0 Å². The second-order valence-corrected chi connectivity index (χ2v) is 2.98. The predicted molar refractivity (Wildman–Crippen MR) is 44.4 cm³/mol. The van der Waals surface area contributed by atoms with Gasteiger partial charge in [0.05, 0.1) is 0 Å². The summed E-state index contributed by atoms with van der Waals surface area (Å²) in [6, 6.07) is 2.26. The summed E-state index contributed by atoms with van der Waals surface area (Å²) in [7, 11) is 0. The van der Waals surface area contributed by atoms with E-state index < -0.39 is 0 Å². The summed E-state index contributed by atoms with van der Waals surface area (Å²) in [4.78, 5) is 0. The van der Waals surface area contributed by atoms with Crippen molar-refractivity contribution in [2.75, 3.05) is 0 Å². The van der Waals surface area contributed by atoms with Crippen LogP contribution in [-0.2, 0) is 12.8 Å². The van der Waals surface area contributed by atoms with E-state index in [4.69, 9.17) is 0 Å². The van der Waals surface area contributed by atoms with Gasteiger partial charge in [0.15, 0.2) is 0 Å². The van der Waals surface area contributed by atoms with Crippen molar-refractivity contribution in [3.8, 4) is 0 Å². The van der Waals surface area contributed by atoms with Crippen LogP contribution in [0.15, 0.2) is 18.0 Å². The Morgan fingerprint density at radius 1 is 1.10 bits per heavy atom. The zero-order chi connectivity index (χ0) is 6.81. The van der Waals surface area contributed by atoms with E-state index in [-0.39, 0.29) is 0 Å². The molecule has 50 valence electrons. The molecule has 0 saturated carbocycles. The first-order valence-electron chi connectivity index (χ1n) is 4.03. The number of aryl methyl sites for hydroxylation is 2. The molecule has 0 N–H and O–H groups in total. The predicted octanol–water partition coefficient (Wildman–Crippen LogP) is 1.90. The van der Waals surface area contributed by atoms with E-state index in [1.807, 2.05) is 0 Å². The van der Waals surface area contributed by atoms with Crippen LogP contribution in [0.25, 0.3) is 0 Å². The molecule has 0 aromatic carbocycles. The van der Waals surface area contributed by atoms with Crippen molar-refractivity contribution in [1.82, 2.24) is 0 Å². The van der Waals surface area contributed by atoms with Crippen LogP contribution in [0, 0.1) is 0 Å². The topological polar surface area (TPSA) is 0 Å². The molecule has 1 aliphatic carbocycles. The Balaban J connectivity index is 2.41. The quantitative estimate of drug-likeness (QED) is 0.503. The van der Waals surface area contributed by atoms with E-state index in [1.54, 1.807) is 11.1 Å². The number of rotatable bonds is 0. The molecule has 1 aromatic rings. The molecule has 10 heavy (non-hydrogen) atoms. The normalized spacial score (nSPS) is 16.0. The van der Waals surface area contributed by atoms with Crippen molar-refractivity contribution in [2.45, 2.75) is 25.7 Å². The average molecular weight is 130 g/mol. The van der Waals surface area contributed by atoms with Crippen LogP contribution in [-0.4, -0.2) is 6.91 Å². The van der Waals surface area contributed by atoms with Gasteiger partial charge in [0.2, 0.25) is 0 Å². The van der Waals surface area contributed by atoms with Crippen molar-refractivity contribution in [1.29, 1.82) is 0 Å². The molecule has 0 fully saturated rings. The van der Waals surface area contributed by atoms with Crippen LogP contribution >= 0.6 is 0 Å². The molecule has 1 aliphatic rings. The standard InChI is InChI=1S/C9H11B/c1-2-4-9-7-10-6-5-8(9)3-1/h5-7H,1-4H2. The van der Waals surface area contributed by atoms with Gasteiger partial charge >= 0.3 is 61.7 Å². The van der Waals surface area contributed by atoms with E-state index >= 15 is 0 Å². The molecule has 0 amide bonds. The van der Waals surface area contributed by atoms with Crippen molar-refractivity contribution < 1.29 is 0 Å². The van der Waals surface area contributed by atoms with Crippen LogP contribution < -0.4 is 0 Å². The molecular weight excluding hydrogens is 119 g/mol. The van der Waals surface area contributed by atoms with Gasteiger partial charge in [-0.25, -0.2) is 0 Å². The van der Waals surface area contributed by atoms with Gasteiger partial charge in [-0.2, -0.15) is 0 Å². The molecule has 1 heteroatoms. The van der Waals surface area contributed by atoms with E-state index in [1.165, 1.54) is 25.7 Å². The molecule has 0 nitrogen and oxygen atoms in total. The molecule has 0 aliphatic heterocycles. The van der Waals surface area contributed by atoms with Gasteiger partial charge in [-0.15, -0.1) is 0 Å². The zero-order valence-corrected chi connectivity index (χ0v) is 6.14. The molecule has 0 spiro atoms. The summed E-state index contributed by atoms with van der Waals surface area (Å²) in [6.07, 6.45) is 5.38. The Morgan fingerprint density at radius 3 is 2.70 bits per heavy atom. The van der Waals surface area contributed by atoms with Gasteiger partial charge in [0, 0.05) is 0 Å². The molecular formula is C9H11B. The van der Waals surface area contributed by atoms with Crippen LogP contribution in [0.3, 0.4) is 0 Å². The third-order valence-electron chi connectivity index (χ3n) is 2.26. The fourth-order valence-corrected chi connectivity index (χ4v) is 1.68. The molecule has 0 saturated heterocycles. The van der Waals surface area contributed by atoms with Crippen LogP contribution in [0.1, 0.15) is 24.0 Å². The maximum atomic E-state index is 2.26. The number of fused-ring (bicyclic) bond motifs is 1. The Hall–Kier alpha value is -0.585. The van der Waals surface area contributed by atoms with Crippen molar-refractivity contribution in [3.05, 3.63) is 29.1 Å². The summed E-state index contributed by atoms with van der Waals surface area (Å²) < 4.78 is 0. The Morgan fingerprint density at radius 2 is 1.90 bits per heavy atom. The second kappa shape index (κ2) is 2.57. The van der Waals surface area contributed by atoms with Gasteiger partial charge in [-0.3, -0.25) is 0 Å². The van der Waals surface area contributed by atoms with Crippen molar-refractivity contribution in [2.24, 2.45) is 0 Å². The van der Waals surface area contributed by atoms with E-state index in [9.17, 15) is 0 Å². The minimum absolute atomic E-state index is 1.30. The van der Waals surface area contributed by atoms with E-state index in [2.05, 4.69) is 24.9 Å². The van der Waals surface area contributed by atoms with Crippen molar-refractivity contribution >= 4 is 6.91 Å². The summed E-state index contributed by atoms with van der Waals surface area (Å²) in [6.45, 7) is 2.14. The van der Waals surface area contributed by atoms with Crippen LogP contribution in [0.4, 0.5) is 0 Å². The second-order valence-electron chi connectivity index (χ2n) is 2.98. The van der Waals surface area contributed by atoms with Crippen molar-refractivity contribution in [3.63, 3.8) is 0 Å². The van der Waals surface area contributed by atoms with E-state index in [0.29, 0.717) is 0 Å². The van der Waals surface area contributed by atoms with E-state index in [0.717, 1.165) is 0 Å².